The van der Waals surface area contributed by atoms with E-state index < -0.39 is 0 Å². The van der Waals surface area contributed by atoms with Crippen molar-refractivity contribution in [3.05, 3.63) is 34.2 Å². The van der Waals surface area contributed by atoms with Gasteiger partial charge in [-0.15, -0.1) is 0 Å². The third-order valence-corrected chi connectivity index (χ3v) is 3.14. The van der Waals surface area contributed by atoms with E-state index >= 15 is 0 Å². The predicted molar refractivity (Wildman–Crippen MR) is 69.8 cm³/mol. The van der Waals surface area contributed by atoms with Crippen molar-refractivity contribution < 1.29 is 9.59 Å². The maximum absolute atomic E-state index is 12.2. The zero-order chi connectivity index (χ0) is 13.8. The second kappa shape index (κ2) is 5.69. The Morgan fingerprint density at radius 3 is 2.95 bits per heavy atom. The molecule has 2 N–H and O–H groups in total. The highest BCUT2D eigenvalue weighted by atomic mass is 16.2. The number of H-pyrrole nitrogens is 1. The first kappa shape index (κ1) is 13.3. The van der Waals surface area contributed by atoms with Gasteiger partial charge in [-0.3, -0.25) is 14.4 Å². The van der Waals surface area contributed by atoms with Crippen LogP contribution in [-0.4, -0.2) is 40.8 Å². The Kier molecular flexibility index (Phi) is 3.99. The number of amides is 2. The van der Waals surface area contributed by atoms with E-state index in [0.29, 0.717) is 18.7 Å². The van der Waals surface area contributed by atoms with Crippen LogP contribution < -0.4 is 10.9 Å². The van der Waals surface area contributed by atoms with E-state index in [1.54, 1.807) is 11.0 Å². The van der Waals surface area contributed by atoms with Crippen LogP contribution in [0.4, 0.5) is 0 Å². The van der Waals surface area contributed by atoms with Crippen molar-refractivity contribution in [3.63, 3.8) is 0 Å². The summed E-state index contributed by atoms with van der Waals surface area (Å²) in [7, 11) is 0. The van der Waals surface area contributed by atoms with Crippen LogP contribution in [0.2, 0.25) is 0 Å². The third kappa shape index (κ3) is 3.43. The molecule has 1 aliphatic rings. The van der Waals surface area contributed by atoms with Crippen molar-refractivity contribution in [2.45, 2.75) is 25.8 Å². The largest absolute Gasteiger partial charge is 0.352 e. The van der Waals surface area contributed by atoms with Gasteiger partial charge in [0.15, 0.2) is 0 Å². The lowest BCUT2D eigenvalue weighted by molar-refractivity contribution is -0.120. The smallest absolute Gasteiger partial charge is 0.254 e. The molecule has 6 nitrogen and oxygen atoms in total. The van der Waals surface area contributed by atoms with E-state index in [1.807, 2.05) is 0 Å². The molecule has 0 aromatic carbocycles. The van der Waals surface area contributed by atoms with Crippen LogP contribution in [0.15, 0.2) is 23.1 Å². The molecular formula is C13H17N3O3. The van der Waals surface area contributed by atoms with Crippen molar-refractivity contribution in [1.29, 1.82) is 0 Å². The second-order valence-electron chi connectivity index (χ2n) is 4.73. The summed E-state index contributed by atoms with van der Waals surface area (Å²) in [4.78, 5) is 38.7. The van der Waals surface area contributed by atoms with E-state index in [9.17, 15) is 14.4 Å². The van der Waals surface area contributed by atoms with Crippen molar-refractivity contribution in [2.75, 3.05) is 13.1 Å². The van der Waals surface area contributed by atoms with E-state index in [2.05, 4.69) is 10.3 Å². The quantitative estimate of drug-likeness (QED) is 0.795. The Balaban J connectivity index is 2.07. The highest BCUT2D eigenvalue weighted by Gasteiger charge is 2.24. The number of rotatable bonds is 2. The molecule has 2 heterocycles. The maximum Gasteiger partial charge on any atom is 0.254 e. The molecule has 1 unspecified atom stereocenters. The summed E-state index contributed by atoms with van der Waals surface area (Å²) >= 11 is 0. The Morgan fingerprint density at radius 1 is 1.47 bits per heavy atom. The molecule has 2 rings (SSSR count). The zero-order valence-electron chi connectivity index (χ0n) is 10.8. The van der Waals surface area contributed by atoms with Crippen LogP contribution in [0.5, 0.6) is 0 Å². The molecule has 1 aromatic rings. The second-order valence-corrected chi connectivity index (χ2v) is 4.73. The standard InChI is InChI=1S/C13H17N3O3/c1-9(17)15-11-3-2-6-16(8-11)13(19)10-4-5-14-12(18)7-10/h4-5,7,11H,2-3,6,8H2,1H3,(H,14,18)(H,15,17). The van der Waals surface area contributed by atoms with E-state index in [0.717, 1.165) is 12.8 Å². The van der Waals surface area contributed by atoms with Crippen LogP contribution in [0, 0.1) is 0 Å². The van der Waals surface area contributed by atoms with Gasteiger partial charge in [-0.25, -0.2) is 0 Å². The van der Waals surface area contributed by atoms with Gasteiger partial charge in [-0.1, -0.05) is 0 Å². The van der Waals surface area contributed by atoms with Gasteiger partial charge < -0.3 is 15.2 Å². The first-order chi connectivity index (χ1) is 9.06. The molecule has 0 spiro atoms. The average molecular weight is 263 g/mol. The maximum atomic E-state index is 12.2. The normalized spacial score (nSPS) is 19.0. The number of piperidine rings is 1. The fourth-order valence-corrected chi connectivity index (χ4v) is 2.33. The fraction of sp³-hybridized carbons (Fsp3) is 0.462. The number of pyridine rings is 1. The summed E-state index contributed by atoms with van der Waals surface area (Å²) in [5, 5.41) is 2.83. The topological polar surface area (TPSA) is 82.3 Å². The molecule has 1 aliphatic heterocycles. The third-order valence-electron chi connectivity index (χ3n) is 3.14. The van der Waals surface area contributed by atoms with Gasteiger partial charge in [0, 0.05) is 43.9 Å². The number of hydrogen-bond acceptors (Lipinski definition) is 3. The summed E-state index contributed by atoms with van der Waals surface area (Å²) in [6.07, 6.45) is 3.18. The number of nitrogens with one attached hydrogen (secondary N) is 2. The van der Waals surface area contributed by atoms with Gasteiger partial charge in [-0.05, 0) is 18.9 Å². The molecule has 0 saturated carbocycles. The van der Waals surface area contributed by atoms with Crippen molar-refractivity contribution in [2.24, 2.45) is 0 Å². The molecular weight excluding hydrogens is 246 g/mol. The Hall–Kier alpha value is -2.11. The van der Waals surface area contributed by atoms with Crippen molar-refractivity contribution >= 4 is 11.8 Å². The SMILES string of the molecule is CC(=O)NC1CCCN(C(=O)c2cc[nH]c(=O)c2)C1. The number of hydrogen-bond donors (Lipinski definition) is 2. The van der Waals surface area contributed by atoms with Crippen LogP contribution in [0.1, 0.15) is 30.1 Å². The Labute approximate surface area is 110 Å². The fourth-order valence-electron chi connectivity index (χ4n) is 2.33. The zero-order valence-corrected chi connectivity index (χ0v) is 10.8. The van der Waals surface area contributed by atoms with E-state index in [-0.39, 0.29) is 23.4 Å². The summed E-state index contributed by atoms with van der Waals surface area (Å²) in [5.41, 5.74) is 0.0912. The first-order valence-corrected chi connectivity index (χ1v) is 6.31. The number of carbonyl (C=O) groups excluding carboxylic acids is 2. The van der Waals surface area contributed by atoms with Gasteiger partial charge in [0.25, 0.3) is 5.91 Å². The minimum Gasteiger partial charge on any atom is -0.352 e. The van der Waals surface area contributed by atoms with Crippen LogP contribution in [0.3, 0.4) is 0 Å². The van der Waals surface area contributed by atoms with E-state index in [4.69, 9.17) is 0 Å². The lowest BCUT2D eigenvalue weighted by Gasteiger charge is -2.33. The summed E-state index contributed by atoms with van der Waals surface area (Å²) in [6.45, 7) is 2.62. The minimum atomic E-state index is -0.290. The monoisotopic (exact) mass is 263 g/mol. The molecule has 19 heavy (non-hydrogen) atoms. The van der Waals surface area contributed by atoms with Gasteiger partial charge >= 0.3 is 0 Å². The lowest BCUT2D eigenvalue weighted by atomic mass is 10.0. The van der Waals surface area contributed by atoms with E-state index in [1.165, 1.54) is 19.2 Å². The number of carbonyl (C=O) groups is 2. The number of nitrogens with zero attached hydrogens (tertiary/aromatic N) is 1. The lowest BCUT2D eigenvalue weighted by Crippen LogP contribution is -2.49. The average Bonchev–Trinajstić information content (AvgIpc) is 2.37. The molecule has 1 atom stereocenters. The van der Waals surface area contributed by atoms with Crippen molar-refractivity contribution in [1.82, 2.24) is 15.2 Å². The molecule has 2 amide bonds. The minimum absolute atomic E-state index is 0.00260. The summed E-state index contributed by atoms with van der Waals surface area (Å²) < 4.78 is 0. The molecule has 0 radical (unpaired) electrons. The van der Waals surface area contributed by atoms with Gasteiger partial charge in [0.1, 0.15) is 0 Å². The highest BCUT2D eigenvalue weighted by Crippen LogP contribution is 2.13. The van der Waals surface area contributed by atoms with Gasteiger partial charge in [0.05, 0.1) is 0 Å². The van der Waals surface area contributed by atoms with Crippen LogP contribution >= 0.6 is 0 Å². The molecule has 1 aromatic heterocycles. The molecule has 0 aliphatic carbocycles. The van der Waals surface area contributed by atoms with Gasteiger partial charge in [0.2, 0.25) is 11.5 Å². The van der Waals surface area contributed by atoms with Crippen LogP contribution in [-0.2, 0) is 4.79 Å². The summed E-state index contributed by atoms with van der Waals surface area (Å²) in [6, 6.07) is 2.88. The Bertz CT molecular complexity index is 538. The molecule has 1 fully saturated rings. The number of likely N-dealkylation sites (tertiary alicyclic amines) is 1. The van der Waals surface area contributed by atoms with Gasteiger partial charge in [-0.2, -0.15) is 0 Å². The number of aromatic nitrogens is 1. The molecule has 1 saturated heterocycles. The predicted octanol–water partition coefficient (Wildman–Crippen LogP) is 0.116. The van der Waals surface area contributed by atoms with Crippen molar-refractivity contribution in [3.8, 4) is 0 Å². The summed E-state index contributed by atoms with van der Waals surface area (Å²) in [5.74, 6) is -0.253. The number of aromatic amines is 1. The highest BCUT2D eigenvalue weighted by molar-refractivity contribution is 5.94. The first-order valence-electron chi connectivity index (χ1n) is 6.31. The van der Waals surface area contributed by atoms with Crippen LogP contribution in [0.25, 0.3) is 0 Å². The molecule has 102 valence electrons. The Morgan fingerprint density at radius 2 is 2.26 bits per heavy atom. The molecule has 6 heteroatoms. The molecule has 0 bridgehead atoms.